The topological polar surface area (TPSA) is 54.5 Å². The Bertz CT molecular complexity index is 216. The van der Waals surface area contributed by atoms with E-state index in [9.17, 15) is 0 Å². The van der Waals surface area contributed by atoms with E-state index < -0.39 is 0 Å². The van der Waals surface area contributed by atoms with Crippen molar-refractivity contribution in [3.05, 3.63) is 5.82 Å². The van der Waals surface area contributed by atoms with Gasteiger partial charge in [-0.25, -0.2) is 0 Å². The summed E-state index contributed by atoms with van der Waals surface area (Å²) in [5.74, 6) is 0.786. The molecule has 5 nitrogen and oxygen atoms in total. The molecule has 0 saturated carbocycles. The SMILES string of the molecule is CCC[N+](C)(C)Cc1nn[nH]n1. The zero-order valence-electron chi connectivity index (χ0n) is 7.91. The predicted octanol–water partition coefficient (Wildman–Crippen LogP) is 0.186. The second-order valence-corrected chi connectivity index (χ2v) is 3.65. The summed E-state index contributed by atoms with van der Waals surface area (Å²) in [6, 6.07) is 0. The van der Waals surface area contributed by atoms with Crippen molar-refractivity contribution >= 4 is 0 Å². The van der Waals surface area contributed by atoms with Crippen LogP contribution in [0.25, 0.3) is 0 Å². The molecule has 1 aromatic rings. The Morgan fingerprint density at radius 1 is 1.42 bits per heavy atom. The van der Waals surface area contributed by atoms with Crippen molar-refractivity contribution in [2.24, 2.45) is 0 Å². The van der Waals surface area contributed by atoms with Crippen molar-refractivity contribution in [1.82, 2.24) is 20.6 Å². The van der Waals surface area contributed by atoms with Gasteiger partial charge in [0.05, 0.1) is 20.6 Å². The summed E-state index contributed by atoms with van der Waals surface area (Å²) in [6.45, 7) is 4.15. The highest BCUT2D eigenvalue weighted by Gasteiger charge is 2.16. The van der Waals surface area contributed by atoms with E-state index in [1.807, 2.05) is 0 Å². The molecule has 0 aromatic carbocycles. The zero-order chi connectivity index (χ0) is 9.03. The Hall–Kier alpha value is -0.970. The van der Waals surface area contributed by atoms with Crippen LogP contribution in [0, 0.1) is 0 Å². The molecule has 0 unspecified atom stereocenters. The lowest BCUT2D eigenvalue weighted by atomic mass is 10.3. The molecule has 12 heavy (non-hydrogen) atoms. The predicted molar refractivity (Wildman–Crippen MR) is 45.1 cm³/mol. The third-order valence-electron chi connectivity index (χ3n) is 1.79. The van der Waals surface area contributed by atoms with Gasteiger partial charge in [0.15, 0.2) is 0 Å². The monoisotopic (exact) mass is 170 g/mol. The van der Waals surface area contributed by atoms with E-state index in [4.69, 9.17) is 0 Å². The summed E-state index contributed by atoms with van der Waals surface area (Å²) in [6.07, 6.45) is 1.17. The van der Waals surface area contributed by atoms with Crippen LogP contribution in [0.5, 0.6) is 0 Å². The minimum Gasteiger partial charge on any atom is -0.322 e. The molecule has 0 bridgehead atoms. The standard InChI is InChI=1S/C7H16N5/c1-4-5-12(2,3)6-7-8-10-11-9-7/h4-6H2,1-3H3,(H,8,9,10,11)/q+1. The van der Waals surface area contributed by atoms with Gasteiger partial charge in [-0.2, -0.15) is 5.21 Å². The highest BCUT2D eigenvalue weighted by molar-refractivity contribution is 4.70. The van der Waals surface area contributed by atoms with Crippen LogP contribution in [0.15, 0.2) is 0 Å². The van der Waals surface area contributed by atoms with E-state index in [-0.39, 0.29) is 0 Å². The Morgan fingerprint density at radius 2 is 2.17 bits per heavy atom. The number of quaternary nitrogens is 1. The molecule has 0 aliphatic heterocycles. The summed E-state index contributed by atoms with van der Waals surface area (Å²) >= 11 is 0. The minimum absolute atomic E-state index is 0.786. The first-order valence-corrected chi connectivity index (χ1v) is 4.18. The smallest absolute Gasteiger partial charge is 0.228 e. The molecule has 0 amide bonds. The number of H-pyrrole nitrogens is 1. The zero-order valence-corrected chi connectivity index (χ0v) is 7.91. The molecule has 0 aliphatic carbocycles. The van der Waals surface area contributed by atoms with E-state index >= 15 is 0 Å². The molecule has 68 valence electrons. The number of aromatic amines is 1. The van der Waals surface area contributed by atoms with Crippen molar-refractivity contribution < 1.29 is 4.48 Å². The van der Waals surface area contributed by atoms with E-state index in [2.05, 4.69) is 41.6 Å². The van der Waals surface area contributed by atoms with Gasteiger partial charge in [-0.3, -0.25) is 0 Å². The highest BCUT2D eigenvalue weighted by Crippen LogP contribution is 2.03. The van der Waals surface area contributed by atoms with Crippen LogP contribution in [-0.4, -0.2) is 45.7 Å². The maximum atomic E-state index is 3.92. The fraction of sp³-hybridized carbons (Fsp3) is 0.857. The molecule has 0 saturated heterocycles. The third kappa shape index (κ3) is 2.58. The maximum absolute atomic E-state index is 3.92. The molecule has 1 aromatic heterocycles. The average molecular weight is 170 g/mol. The van der Waals surface area contributed by atoms with Crippen molar-refractivity contribution in [2.45, 2.75) is 19.9 Å². The fourth-order valence-electron chi connectivity index (χ4n) is 1.32. The number of hydrogen-bond acceptors (Lipinski definition) is 3. The van der Waals surface area contributed by atoms with Crippen LogP contribution in [0.1, 0.15) is 19.2 Å². The molecule has 1 heterocycles. The van der Waals surface area contributed by atoms with Gasteiger partial charge in [-0.05, 0) is 11.6 Å². The van der Waals surface area contributed by atoms with Gasteiger partial charge in [0.1, 0.15) is 6.54 Å². The normalized spacial score (nSPS) is 11.9. The second-order valence-electron chi connectivity index (χ2n) is 3.65. The number of nitrogens with zero attached hydrogens (tertiary/aromatic N) is 4. The summed E-state index contributed by atoms with van der Waals surface area (Å²) in [4.78, 5) is 0. The number of tetrazole rings is 1. The van der Waals surface area contributed by atoms with Gasteiger partial charge in [0.2, 0.25) is 5.82 Å². The Kier molecular flexibility index (Phi) is 2.75. The average Bonchev–Trinajstić information content (AvgIpc) is 2.38. The van der Waals surface area contributed by atoms with Gasteiger partial charge in [0, 0.05) is 0 Å². The van der Waals surface area contributed by atoms with Gasteiger partial charge >= 0.3 is 0 Å². The van der Waals surface area contributed by atoms with E-state index in [0.29, 0.717) is 0 Å². The molecule has 5 heteroatoms. The van der Waals surface area contributed by atoms with E-state index in [0.717, 1.165) is 23.4 Å². The Morgan fingerprint density at radius 3 is 2.67 bits per heavy atom. The fourth-order valence-corrected chi connectivity index (χ4v) is 1.32. The highest BCUT2D eigenvalue weighted by atomic mass is 15.5. The van der Waals surface area contributed by atoms with Crippen molar-refractivity contribution in [3.8, 4) is 0 Å². The van der Waals surface area contributed by atoms with Crippen molar-refractivity contribution in [1.29, 1.82) is 0 Å². The number of aromatic nitrogens is 4. The maximum Gasteiger partial charge on any atom is 0.228 e. The summed E-state index contributed by atoms with van der Waals surface area (Å²) in [5, 5.41) is 13.8. The summed E-state index contributed by atoms with van der Waals surface area (Å²) < 4.78 is 0.913. The number of hydrogen-bond donors (Lipinski definition) is 1. The first kappa shape index (κ1) is 9.12. The summed E-state index contributed by atoms with van der Waals surface area (Å²) in [5.41, 5.74) is 0. The lowest BCUT2D eigenvalue weighted by Crippen LogP contribution is -2.39. The minimum atomic E-state index is 0.786. The van der Waals surface area contributed by atoms with Crippen LogP contribution in [-0.2, 0) is 6.54 Å². The first-order valence-electron chi connectivity index (χ1n) is 4.18. The largest absolute Gasteiger partial charge is 0.322 e. The molecule has 0 aliphatic rings. The molecular weight excluding hydrogens is 154 g/mol. The first-order chi connectivity index (χ1) is 5.64. The van der Waals surface area contributed by atoms with Crippen LogP contribution >= 0.6 is 0 Å². The van der Waals surface area contributed by atoms with Crippen LogP contribution in [0.2, 0.25) is 0 Å². The molecule has 0 spiro atoms. The lowest BCUT2D eigenvalue weighted by molar-refractivity contribution is -0.904. The molecule has 1 rings (SSSR count). The van der Waals surface area contributed by atoms with Crippen LogP contribution < -0.4 is 0 Å². The van der Waals surface area contributed by atoms with Crippen molar-refractivity contribution in [3.63, 3.8) is 0 Å². The molecule has 0 atom stereocenters. The lowest BCUT2D eigenvalue weighted by Gasteiger charge is -2.27. The Labute approximate surface area is 72.4 Å². The Balaban J connectivity index is 2.50. The molecule has 0 fully saturated rings. The third-order valence-corrected chi connectivity index (χ3v) is 1.79. The quantitative estimate of drug-likeness (QED) is 0.656. The van der Waals surface area contributed by atoms with Gasteiger partial charge in [0.25, 0.3) is 0 Å². The van der Waals surface area contributed by atoms with E-state index in [1.165, 1.54) is 6.42 Å². The van der Waals surface area contributed by atoms with Gasteiger partial charge < -0.3 is 4.48 Å². The molecule has 0 radical (unpaired) electrons. The molecular formula is C7H16N5+. The van der Waals surface area contributed by atoms with Gasteiger partial charge in [-0.15, -0.1) is 10.2 Å². The van der Waals surface area contributed by atoms with Crippen molar-refractivity contribution in [2.75, 3.05) is 20.6 Å². The number of nitrogens with one attached hydrogen (secondary N) is 1. The second kappa shape index (κ2) is 3.62. The molecule has 1 N–H and O–H groups in total. The number of rotatable bonds is 4. The van der Waals surface area contributed by atoms with Crippen LogP contribution in [0.4, 0.5) is 0 Å². The van der Waals surface area contributed by atoms with E-state index in [1.54, 1.807) is 0 Å². The summed E-state index contributed by atoms with van der Waals surface area (Å²) in [7, 11) is 4.33. The van der Waals surface area contributed by atoms with Gasteiger partial charge in [-0.1, -0.05) is 6.92 Å². The van der Waals surface area contributed by atoms with Crippen LogP contribution in [0.3, 0.4) is 0 Å².